The van der Waals surface area contributed by atoms with Crippen LogP contribution in [0.3, 0.4) is 0 Å². The minimum atomic E-state index is -4.45. The molecule has 1 heterocycles. The maximum Gasteiger partial charge on any atom is 0.411 e. The molecule has 1 aliphatic carbocycles. The van der Waals surface area contributed by atoms with E-state index in [4.69, 9.17) is 21.5 Å². The minimum absolute atomic E-state index is 0.0295. The molecule has 40 heavy (non-hydrogen) atoms. The second-order valence-electron chi connectivity index (χ2n) is 9.42. The molecule has 1 aromatic carbocycles. The van der Waals surface area contributed by atoms with E-state index in [0.29, 0.717) is 16.8 Å². The first-order valence-electron chi connectivity index (χ1n) is 12.3. The van der Waals surface area contributed by atoms with E-state index in [0.717, 1.165) is 17.6 Å². The molecule has 0 saturated heterocycles. The minimum Gasteiger partial charge on any atom is -0.372 e. The SMILES string of the molecule is CCC(C)=C(C#CCOC)C=Cc1nc(NCc2cc(Cl)cc(S(N)(=O)=O)c2)nc(NC2(C(F)(F)F)CC2)c1C. The quantitative estimate of drug-likeness (QED) is 0.241. The highest BCUT2D eigenvalue weighted by atomic mass is 35.5. The third-order valence-electron chi connectivity index (χ3n) is 6.38. The number of benzene rings is 1. The smallest absolute Gasteiger partial charge is 0.372 e. The Labute approximate surface area is 237 Å². The molecule has 0 amide bonds. The van der Waals surface area contributed by atoms with E-state index >= 15 is 0 Å². The third kappa shape index (κ3) is 7.97. The first-order valence-corrected chi connectivity index (χ1v) is 14.3. The summed E-state index contributed by atoms with van der Waals surface area (Å²) in [7, 11) is -2.46. The number of nitrogens with one attached hydrogen (secondary N) is 2. The molecular formula is C27H31ClF3N5O3S. The van der Waals surface area contributed by atoms with Crippen LogP contribution < -0.4 is 15.8 Å². The zero-order valence-corrected chi connectivity index (χ0v) is 24.1. The van der Waals surface area contributed by atoms with Crippen molar-refractivity contribution >= 4 is 39.5 Å². The van der Waals surface area contributed by atoms with Crippen LogP contribution in [0.1, 0.15) is 49.9 Å². The monoisotopic (exact) mass is 597 g/mol. The lowest BCUT2D eigenvalue weighted by Gasteiger charge is -2.23. The molecule has 216 valence electrons. The first-order chi connectivity index (χ1) is 18.7. The molecule has 0 spiro atoms. The number of halogens is 4. The van der Waals surface area contributed by atoms with Crippen molar-refractivity contribution in [1.82, 2.24) is 9.97 Å². The highest BCUT2D eigenvalue weighted by molar-refractivity contribution is 7.89. The van der Waals surface area contributed by atoms with E-state index in [1.165, 1.54) is 18.2 Å². The summed E-state index contributed by atoms with van der Waals surface area (Å²) in [5.74, 6) is 6.03. The number of aromatic nitrogens is 2. The van der Waals surface area contributed by atoms with Gasteiger partial charge in [-0.3, -0.25) is 0 Å². The van der Waals surface area contributed by atoms with Crippen LogP contribution in [0.15, 0.2) is 40.3 Å². The van der Waals surface area contributed by atoms with Gasteiger partial charge in [-0.1, -0.05) is 35.9 Å². The molecule has 1 aliphatic rings. The van der Waals surface area contributed by atoms with Crippen molar-refractivity contribution in [1.29, 1.82) is 0 Å². The van der Waals surface area contributed by atoms with Gasteiger partial charge in [0, 0.05) is 29.8 Å². The van der Waals surface area contributed by atoms with E-state index in [2.05, 4.69) is 32.4 Å². The predicted octanol–water partition coefficient (Wildman–Crippen LogP) is 5.59. The molecule has 8 nitrogen and oxygen atoms in total. The van der Waals surface area contributed by atoms with Gasteiger partial charge in [-0.15, -0.1) is 0 Å². The molecule has 2 aromatic rings. The summed E-state index contributed by atoms with van der Waals surface area (Å²) in [4.78, 5) is 8.65. The van der Waals surface area contributed by atoms with Gasteiger partial charge in [-0.05, 0) is 69.0 Å². The summed E-state index contributed by atoms with van der Waals surface area (Å²) < 4.78 is 69.8. The van der Waals surface area contributed by atoms with Crippen LogP contribution in [0.2, 0.25) is 5.02 Å². The molecule has 0 aliphatic heterocycles. The summed E-state index contributed by atoms with van der Waals surface area (Å²) in [6.07, 6.45) is -0.401. The van der Waals surface area contributed by atoms with Crippen molar-refractivity contribution in [2.75, 3.05) is 24.4 Å². The Morgan fingerprint density at radius 3 is 2.55 bits per heavy atom. The van der Waals surface area contributed by atoms with Crippen LogP contribution in [-0.2, 0) is 21.3 Å². The molecule has 1 saturated carbocycles. The summed E-state index contributed by atoms with van der Waals surface area (Å²) in [5.41, 5.74) is 0.975. The average molecular weight is 598 g/mol. The summed E-state index contributed by atoms with van der Waals surface area (Å²) in [6, 6.07) is 4.09. The van der Waals surface area contributed by atoms with Gasteiger partial charge in [0.15, 0.2) is 0 Å². The molecule has 0 atom stereocenters. The first kappa shape index (κ1) is 31.4. The molecule has 3 rings (SSSR count). The number of methoxy groups -OCH3 is 1. The largest absolute Gasteiger partial charge is 0.411 e. The van der Waals surface area contributed by atoms with Crippen molar-refractivity contribution in [3.63, 3.8) is 0 Å². The molecule has 1 fully saturated rings. The zero-order valence-electron chi connectivity index (χ0n) is 22.5. The third-order valence-corrected chi connectivity index (χ3v) is 7.49. The maximum absolute atomic E-state index is 13.7. The molecule has 0 unspecified atom stereocenters. The molecule has 4 N–H and O–H groups in total. The molecule has 0 bridgehead atoms. The Balaban J connectivity index is 2.01. The Hall–Kier alpha value is -3.11. The van der Waals surface area contributed by atoms with Crippen LogP contribution in [0.4, 0.5) is 24.9 Å². The Bertz CT molecular complexity index is 1490. The number of hydrogen-bond acceptors (Lipinski definition) is 7. The highest BCUT2D eigenvalue weighted by Crippen LogP contribution is 2.51. The van der Waals surface area contributed by atoms with E-state index < -0.39 is 21.7 Å². The number of rotatable bonds is 10. The number of sulfonamides is 1. The van der Waals surface area contributed by atoms with Crippen LogP contribution >= 0.6 is 11.6 Å². The van der Waals surface area contributed by atoms with Crippen molar-refractivity contribution < 1.29 is 26.3 Å². The number of nitrogens with zero attached hydrogens (tertiary/aromatic N) is 2. The van der Waals surface area contributed by atoms with Gasteiger partial charge in [0.05, 0.1) is 10.6 Å². The lowest BCUT2D eigenvalue weighted by molar-refractivity contribution is -0.151. The molecule has 13 heteroatoms. The second kappa shape index (κ2) is 12.6. The van der Waals surface area contributed by atoms with Gasteiger partial charge in [-0.2, -0.15) is 18.2 Å². The number of primary sulfonamides is 1. The topological polar surface area (TPSA) is 119 Å². The Morgan fingerprint density at radius 2 is 1.98 bits per heavy atom. The summed E-state index contributed by atoms with van der Waals surface area (Å²) in [5, 5.41) is 10.9. The fourth-order valence-corrected chi connectivity index (χ4v) is 4.57. The summed E-state index contributed by atoms with van der Waals surface area (Å²) >= 11 is 6.06. The van der Waals surface area contributed by atoms with E-state index in [1.807, 2.05) is 13.8 Å². The highest BCUT2D eigenvalue weighted by Gasteiger charge is 2.63. The predicted molar refractivity (Wildman–Crippen MR) is 150 cm³/mol. The lowest BCUT2D eigenvalue weighted by Crippen LogP contribution is -2.39. The Morgan fingerprint density at radius 1 is 1.27 bits per heavy atom. The van der Waals surface area contributed by atoms with Gasteiger partial charge in [0.25, 0.3) is 0 Å². The maximum atomic E-state index is 13.7. The van der Waals surface area contributed by atoms with Crippen molar-refractivity contribution in [2.45, 2.75) is 63.2 Å². The van der Waals surface area contributed by atoms with Crippen LogP contribution in [0.25, 0.3) is 6.08 Å². The normalized spacial score (nSPS) is 15.3. The van der Waals surface area contributed by atoms with Gasteiger partial charge < -0.3 is 15.4 Å². The number of allylic oxidation sites excluding steroid dienone is 3. The number of alkyl halides is 3. The number of anilines is 2. The van der Waals surface area contributed by atoms with Gasteiger partial charge >= 0.3 is 6.18 Å². The van der Waals surface area contributed by atoms with Gasteiger partial charge in [-0.25, -0.2) is 18.5 Å². The molecule has 0 radical (unpaired) electrons. The molecular weight excluding hydrogens is 567 g/mol. The van der Waals surface area contributed by atoms with E-state index in [9.17, 15) is 21.6 Å². The fraction of sp³-hybridized carbons (Fsp3) is 0.407. The van der Waals surface area contributed by atoms with Crippen LogP contribution in [0.5, 0.6) is 0 Å². The lowest BCUT2D eigenvalue weighted by atomic mass is 10.1. The van der Waals surface area contributed by atoms with E-state index in [-0.39, 0.29) is 47.7 Å². The number of hydrogen-bond donors (Lipinski definition) is 3. The van der Waals surface area contributed by atoms with E-state index in [1.54, 1.807) is 26.2 Å². The fourth-order valence-electron chi connectivity index (χ4n) is 3.64. The standard InChI is InChI=1S/C27H31ClF3N5O3S/c1-5-17(2)20(7-6-12-39-4)8-9-23-18(3)24(36-26(10-11-26)27(29,30)31)35-25(34-23)33-16-19-13-21(28)15-22(14-19)40(32,37)38/h8-9,13-15H,5,10-12,16H2,1-4H3,(H2,32,37,38)(H2,33,34,35,36). The second-order valence-corrected chi connectivity index (χ2v) is 11.4. The van der Waals surface area contributed by atoms with Crippen LogP contribution in [0, 0.1) is 18.8 Å². The van der Waals surface area contributed by atoms with Crippen molar-refractivity contribution in [3.05, 3.63) is 57.3 Å². The average Bonchev–Trinajstić information content (AvgIpc) is 3.66. The van der Waals surface area contributed by atoms with Crippen molar-refractivity contribution in [3.8, 4) is 11.8 Å². The number of ether oxygens (including phenoxy) is 1. The summed E-state index contributed by atoms with van der Waals surface area (Å²) in [6.45, 7) is 5.85. The zero-order chi connectivity index (χ0) is 29.7. The van der Waals surface area contributed by atoms with Crippen LogP contribution in [-0.4, -0.2) is 43.8 Å². The Kier molecular flexibility index (Phi) is 9.89. The van der Waals surface area contributed by atoms with Crippen molar-refractivity contribution in [2.24, 2.45) is 5.14 Å². The number of nitrogens with two attached hydrogens (primary N) is 1. The van der Waals surface area contributed by atoms with Gasteiger partial charge in [0.2, 0.25) is 16.0 Å². The molecule has 1 aromatic heterocycles. The van der Waals surface area contributed by atoms with Gasteiger partial charge in [0.1, 0.15) is 18.0 Å².